The molecular weight excluding hydrogens is 456 g/mol. The Kier molecular flexibility index (Phi) is 7.34. The summed E-state index contributed by atoms with van der Waals surface area (Å²) in [6.45, 7) is 0.999. The van der Waals surface area contributed by atoms with Crippen LogP contribution in [0.15, 0.2) is 77.7 Å². The van der Waals surface area contributed by atoms with Gasteiger partial charge in [0.2, 0.25) is 15.9 Å². The van der Waals surface area contributed by atoms with Gasteiger partial charge in [0.05, 0.1) is 12.0 Å². The van der Waals surface area contributed by atoms with Crippen molar-refractivity contribution in [3.05, 3.63) is 83.9 Å². The number of carbonyl (C=O) groups is 1. The van der Waals surface area contributed by atoms with Gasteiger partial charge in [-0.2, -0.15) is 4.72 Å². The lowest BCUT2D eigenvalue weighted by Crippen LogP contribution is -2.47. The number of hydrogen-bond donors (Lipinski definition) is 2. The summed E-state index contributed by atoms with van der Waals surface area (Å²) < 4.78 is 45.0. The predicted octanol–water partition coefficient (Wildman–Crippen LogP) is 2.67. The molecule has 1 atom stereocenters. The monoisotopic (exact) mass is 482 g/mol. The lowest BCUT2D eigenvalue weighted by molar-refractivity contribution is -0.122. The molecule has 3 aromatic rings. The van der Waals surface area contributed by atoms with E-state index in [0.29, 0.717) is 30.5 Å². The van der Waals surface area contributed by atoms with E-state index in [1.165, 1.54) is 12.1 Å². The lowest BCUT2D eigenvalue weighted by Gasteiger charge is -2.21. The molecule has 1 heterocycles. The Balaban J connectivity index is 1.52. The Morgan fingerprint density at radius 1 is 0.941 bits per heavy atom. The molecular formula is C25H26N2O6S. The number of ether oxygens (including phenoxy) is 3. The number of benzene rings is 3. The van der Waals surface area contributed by atoms with Crippen molar-refractivity contribution in [2.24, 2.45) is 0 Å². The van der Waals surface area contributed by atoms with Gasteiger partial charge in [-0.1, -0.05) is 42.5 Å². The zero-order valence-corrected chi connectivity index (χ0v) is 19.5. The fourth-order valence-corrected chi connectivity index (χ4v) is 4.75. The van der Waals surface area contributed by atoms with Gasteiger partial charge in [0, 0.05) is 12.6 Å². The van der Waals surface area contributed by atoms with E-state index in [1.807, 2.05) is 42.5 Å². The molecule has 0 aliphatic carbocycles. The molecule has 0 spiro atoms. The van der Waals surface area contributed by atoms with Gasteiger partial charge < -0.3 is 19.5 Å². The second-order valence-corrected chi connectivity index (χ2v) is 9.45. The zero-order chi connectivity index (χ0) is 24.0. The SMILES string of the molecule is COc1ccc(CNC(=O)C(Cc2ccccc2)NS(=O)(=O)c2ccc3c(c2)OCCO3)cc1. The minimum absolute atomic E-state index is 0.00207. The molecule has 178 valence electrons. The van der Waals surface area contributed by atoms with Crippen LogP contribution in [-0.2, 0) is 27.8 Å². The van der Waals surface area contributed by atoms with Gasteiger partial charge >= 0.3 is 0 Å². The molecule has 8 nitrogen and oxygen atoms in total. The summed E-state index contributed by atoms with van der Waals surface area (Å²) in [6, 6.07) is 19.9. The van der Waals surface area contributed by atoms with Crippen LogP contribution in [-0.4, -0.2) is 40.7 Å². The number of carbonyl (C=O) groups excluding carboxylic acids is 1. The quantitative estimate of drug-likeness (QED) is 0.486. The van der Waals surface area contributed by atoms with E-state index in [0.717, 1.165) is 11.1 Å². The third kappa shape index (κ3) is 5.86. The minimum Gasteiger partial charge on any atom is -0.497 e. The van der Waals surface area contributed by atoms with Crippen LogP contribution >= 0.6 is 0 Å². The van der Waals surface area contributed by atoms with Crippen LogP contribution in [0.2, 0.25) is 0 Å². The van der Waals surface area contributed by atoms with Gasteiger partial charge in [-0.3, -0.25) is 4.79 Å². The van der Waals surface area contributed by atoms with E-state index in [9.17, 15) is 13.2 Å². The van der Waals surface area contributed by atoms with Crippen LogP contribution in [0.3, 0.4) is 0 Å². The number of rotatable bonds is 9. The van der Waals surface area contributed by atoms with E-state index < -0.39 is 22.0 Å². The molecule has 0 fully saturated rings. The molecule has 0 radical (unpaired) electrons. The molecule has 0 saturated heterocycles. The first kappa shape index (κ1) is 23.6. The fourth-order valence-electron chi connectivity index (χ4n) is 3.54. The van der Waals surface area contributed by atoms with Crippen molar-refractivity contribution in [2.75, 3.05) is 20.3 Å². The molecule has 0 saturated carbocycles. The Bertz CT molecular complexity index is 1230. The number of methoxy groups -OCH3 is 1. The first-order chi connectivity index (χ1) is 16.4. The Labute approximate surface area is 198 Å². The van der Waals surface area contributed by atoms with Crippen LogP contribution in [0.1, 0.15) is 11.1 Å². The molecule has 9 heteroatoms. The molecule has 1 unspecified atom stereocenters. The van der Waals surface area contributed by atoms with Crippen molar-refractivity contribution < 1.29 is 27.4 Å². The van der Waals surface area contributed by atoms with Gasteiger partial charge in [-0.05, 0) is 41.8 Å². The Morgan fingerprint density at radius 2 is 1.65 bits per heavy atom. The van der Waals surface area contributed by atoms with Crippen LogP contribution in [0.4, 0.5) is 0 Å². The molecule has 4 rings (SSSR count). The summed E-state index contributed by atoms with van der Waals surface area (Å²) >= 11 is 0. The normalized spacial score (nSPS) is 13.7. The number of fused-ring (bicyclic) bond motifs is 1. The van der Waals surface area contributed by atoms with Gasteiger partial charge in [-0.25, -0.2) is 8.42 Å². The van der Waals surface area contributed by atoms with Crippen molar-refractivity contribution in [3.8, 4) is 17.2 Å². The number of hydrogen-bond acceptors (Lipinski definition) is 6. The van der Waals surface area contributed by atoms with Gasteiger partial charge in [0.1, 0.15) is 25.0 Å². The van der Waals surface area contributed by atoms with Gasteiger partial charge in [0.15, 0.2) is 11.5 Å². The molecule has 0 aromatic heterocycles. The van der Waals surface area contributed by atoms with Crippen molar-refractivity contribution in [1.29, 1.82) is 0 Å². The highest BCUT2D eigenvalue weighted by Gasteiger charge is 2.27. The summed E-state index contributed by atoms with van der Waals surface area (Å²) in [5.74, 6) is 1.13. The Morgan fingerprint density at radius 3 is 2.35 bits per heavy atom. The highest BCUT2D eigenvalue weighted by Crippen LogP contribution is 2.32. The number of nitrogens with one attached hydrogen (secondary N) is 2. The summed E-state index contributed by atoms with van der Waals surface area (Å²) in [5, 5.41) is 2.83. The summed E-state index contributed by atoms with van der Waals surface area (Å²) in [7, 11) is -2.43. The standard InChI is InChI=1S/C25H26N2O6S/c1-31-20-9-7-19(8-10-20)17-26-25(28)22(15-18-5-3-2-4-6-18)27-34(29,30)21-11-12-23-24(16-21)33-14-13-32-23/h2-12,16,22,27H,13-15,17H2,1H3,(H,26,28). The van der Waals surface area contributed by atoms with Crippen LogP contribution < -0.4 is 24.2 Å². The maximum atomic E-state index is 13.2. The molecule has 1 aliphatic rings. The van der Waals surface area contributed by atoms with E-state index in [2.05, 4.69) is 10.0 Å². The first-order valence-electron chi connectivity index (χ1n) is 10.8. The molecule has 1 aliphatic heterocycles. The van der Waals surface area contributed by atoms with E-state index >= 15 is 0 Å². The Hall–Kier alpha value is -3.56. The van der Waals surface area contributed by atoms with Crippen molar-refractivity contribution in [3.63, 3.8) is 0 Å². The lowest BCUT2D eigenvalue weighted by atomic mass is 10.1. The second-order valence-electron chi connectivity index (χ2n) is 7.73. The molecule has 1 amide bonds. The van der Waals surface area contributed by atoms with Crippen molar-refractivity contribution in [2.45, 2.75) is 23.9 Å². The molecule has 3 aromatic carbocycles. The highest BCUT2D eigenvalue weighted by atomic mass is 32.2. The van der Waals surface area contributed by atoms with E-state index in [-0.39, 0.29) is 17.9 Å². The molecule has 2 N–H and O–H groups in total. The largest absolute Gasteiger partial charge is 0.497 e. The topological polar surface area (TPSA) is 103 Å². The predicted molar refractivity (Wildman–Crippen MR) is 127 cm³/mol. The maximum Gasteiger partial charge on any atom is 0.241 e. The third-order valence-electron chi connectivity index (χ3n) is 5.35. The summed E-state index contributed by atoms with van der Waals surface area (Å²) in [5.41, 5.74) is 1.69. The first-order valence-corrected chi connectivity index (χ1v) is 12.3. The highest BCUT2D eigenvalue weighted by molar-refractivity contribution is 7.89. The summed E-state index contributed by atoms with van der Waals surface area (Å²) in [4.78, 5) is 13.1. The van der Waals surface area contributed by atoms with Crippen LogP contribution in [0, 0.1) is 0 Å². The average molecular weight is 483 g/mol. The van der Waals surface area contributed by atoms with E-state index in [1.54, 1.807) is 25.3 Å². The van der Waals surface area contributed by atoms with Crippen LogP contribution in [0.5, 0.6) is 17.2 Å². The summed E-state index contributed by atoms with van der Waals surface area (Å²) in [6.07, 6.45) is 0.194. The number of sulfonamides is 1. The van der Waals surface area contributed by atoms with Crippen molar-refractivity contribution in [1.82, 2.24) is 10.0 Å². The van der Waals surface area contributed by atoms with Gasteiger partial charge in [-0.15, -0.1) is 0 Å². The average Bonchev–Trinajstić information content (AvgIpc) is 2.87. The maximum absolute atomic E-state index is 13.2. The van der Waals surface area contributed by atoms with Crippen molar-refractivity contribution >= 4 is 15.9 Å². The van der Waals surface area contributed by atoms with Crippen LogP contribution in [0.25, 0.3) is 0 Å². The number of amides is 1. The fraction of sp³-hybridized carbons (Fsp3) is 0.240. The minimum atomic E-state index is -4.01. The zero-order valence-electron chi connectivity index (χ0n) is 18.7. The second kappa shape index (κ2) is 10.6. The molecule has 0 bridgehead atoms. The van der Waals surface area contributed by atoms with Gasteiger partial charge in [0.25, 0.3) is 0 Å². The van der Waals surface area contributed by atoms with E-state index in [4.69, 9.17) is 14.2 Å². The molecule has 34 heavy (non-hydrogen) atoms. The smallest absolute Gasteiger partial charge is 0.241 e. The third-order valence-corrected chi connectivity index (χ3v) is 6.82.